The van der Waals surface area contributed by atoms with Gasteiger partial charge in [-0.1, -0.05) is 192 Å². The molecule has 6 heteroatoms. The lowest BCUT2D eigenvalue weighted by molar-refractivity contribution is 0.578. The van der Waals surface area contributed by atoms with Crippen molar-refractivity contribution in [3.05, 3.63) is 240 Å². The van der Waals surface area contributed by atoms with E-state index in [4.69, 9.17) is 6.58 Å². The zero-order chi connectivity index (χ0) is 52.9. The number of hydrogen-bond acceptors (Lipinski definition) is 2. The van der Waals surface area contributed by atoms with Gasteiger partial charge in [-0.05, 0) is 89.2 Å². The first-order chi connectivity index (χ1) is 38.1. The van der Waals surface area contributed by atoms with E-state index in [1.807, 2.05) is 0 Å². The molecule has 13 aromatic rings. The van der Waals surface area contributed by atoms with Crippen molar-refractivity contribution in [2.75, 3.05) is 0 Å². The Hall–Kier alpha value is -9.88. The zero-order valence-corrected chi connectivity index (χ0v) is 44.0. The number of rotatable bonds is 4. The maximum absolute atomic E-state index is 12.5. The lowest BCUT2D eigenvalue weighted by Gasteiger charge is -2.30. The van der Waals surface area contributed by atoms with Gasteiger partial charge in [-0.3, -0.25) is 0 Å². The van der Waals surface area contributed by atoms with Crippen LogP contribution in [0, 0.1) is 28.1 Å². The van der Waals surface area contributed by atoms with Crippen LogP contribution in [-0.4, -0.2) is 18.3 Å². The third-order valence-corrected chi connectivity index (χ3v) is 17.8. The van der Waals surface area contributed by atoms with Gasteiger partial charge in [-0.2, -0.15) is 10.5 Å². The van der Waals surface area contributed by atoms with Gasteiger partial charge in [0.2, 0.25) is 0 Å². The molecular formula is C72H52N6. The summed E-state index contributed by atoms with van der Waals surface area (Å²) in [6, 6.07) is 70.5. The number of benzene rings is 9. The van der Waals surface area contributed by atoms with Crippen LogP contribution in [0.4, 0.5) is 0 Å². The van der Waals surface area contributed by atoms with Gasteiger partial charge >= 0.3 is 0 Å². The summed E-state index contributed by atoms with van der Waals surface area (Å²) in [5.74, 6) is 0. The van der Waals surface area contributed by atoms with E-state index in [9.17, 15) is 10.5 Å². The second kappa shape index (κ2) is 16.3. The molecule has 4 heterocycles. The fourth-order valence-corrected chi connectivity index (χ4v) is 13.9. The number of nitriles is 2. The largest absolute Gasteiger partial charge is 0.306 e. The maximum atomic E-state index is 12.5. The smallest absolute Gasteiger partial charge is 0.103 e. The summed E-state index contributed by atoms with van der Waals surface area (Å²) in [5, 5.41) is 32.5. The molecule has 4 aromatic heterocycles. The van der Waals surface area contributed by atoms with E-state index < -0.39 is 5.41 Å². The molecule has 0 atom stereocenters. The van der Waals surface area contributed by atoms with Crippen molar-refractivity contribution in [1.82, 2.24) is 18.3 Å². The van der Waals surface area contributed by atoms with Crippen LogP contribution in [0.25, 0.3) is 122 Å². The second-order valence-electron chi connectivity index (χ2n) is 22.3. The molecule has 0 saturated carbocycles. The van der Waals surface area contributed by atoms with Gasteiger partial charge < -0.3 is 18.3 Å². The Bertz CT molecular complexity index is 4870. The summed E-state index contributed by atoms with van der Waals surface area (Å²) in [7, 11) is 0. The molecule has 0 aliphatic heterocycles. The number of aromatic nitrogens is 4. The lowest BCUT2D eigenvalue weighted by Crippen LogP contribution is -2.18. The van der Waals surface area contributed by atoms with Crippen LogP contribution in [0.1, 0.15) is 74.0 Å². The predicted molar refractivity (Wildman–Crippen MR) is 324 cm³/mol. The van der Waals surface area contributed by atoms with E-state index in [-0.39, 0.29) is 16.5 Å². The first-order valence-electron chi connectivity index (χ1n) is 26.9. The van der Waals surface area contributed by atoms with E-state index >= 15 is 0 Å². The summed E-state index contributed by atoms with van der Waals surface area (Å²) in [6.07, 6.45) is 6.04. The minimum absolute atomic E-state index is 0.264. The fraction of sp³-hybridized carbons (Fsp3) is 0.111. The van der Waals surface area contributed by atoms with Crippen LogP contribution in [0.3, 0.4) is 0 Å². The SMILES string of the molecule is C=C1CC/C=C\c2c(c3ccccc3n2-c2c(C#N)c(C#N)c(-n3c4ccccc4c4c5c(ccc43)-c3ccccc3C5(C)C)c(-n3c4ccccc4c4ccccc43)c2-n2c3ccccc3c3ccccc32)C(=C)C1(C)C. The Balaban J connectivity index is 1.26. The summed E-state index contributed by atoms with van der Waals surface area (Å²) in [6.45, 7) is 18.7. The third kappa shape index (κ3) is 5.84. The molecule has 0 N–H and O–H groups in total. The van der Waals surface area contributed by atoms with Crippen LogP contribution < -0.4 is 0 Å². The topological polar surface area (TPSA) is 67.3 Å². The number of nitrogens with zero attached hydrogens (tertiary/aromatic N) is 6. The van der Waals surface area contributed by atoms with E-state index in [1.165, 1.54) is 22.3 Å². The maximum Gasteiger partial charge on any atom is 0.103 e. The highest BCUT2D eigenvalue weighted by atomic mass is 15.1. The molecule has 0 radical (unpaired) electrons. The highest BCUT2D eigenvalue weighted by molar-refractivity contribution is 6.17. The number of allylic oxidation sites excluding steroid dienone is 3. The van der Waals surface area contributed by atoms with E-state index in [0.717, 1.165) is 123 Å². The minimum atomic E-state index is -0.466. The summed E-state index contributed by atoms with van der Waals surface area (Å²) in [5.41, 5.74) is 18.0. The molecule has 6 nitrogen and oxygen atoms in total. The molecule has 0 unspecified atom stereocenters. The standard InChI is InChI=1S/C72H52N6/c1-43-23-7-16-38-62-64(44(2)71(43,3)4)51-29-13-21-36-60(51)77(62)67-53(41-73)54(42-74)68(78-61-37-22-14-30-52(61)65-63(78)40-39-50-45-24-8-15-31-55(45)72(5,6)66(50)65)70(76-58-34-19-11-27-48(58)49-28-12-20-35-59(49)76)69(67)75-56-32-17-9-25-46(56)47-26-10-18-33-57(47)75/h8-22,24-40H,1-2,7,23H2,3-6H3/b38-16-. The van der Waals surface area contributed by atoms with Crippen LogP contribution in [0.5, 0.6) is 0 Å². The van der Waals surface area contributed by atoms with Crippen molar-refractivity contribution >= 4 is 88.0 Å². The van der Waals surface area contributed by atoms with Crippen molar-refractivity contribution in [2.45, 2.75) is 46.0 Å². The molecule has 0 saturated heterocycles. The first-order valence-corrected chi connectivity index (χ1v) is 26.9. The van der Waals surface area contributed by atoms with E-state index in [2.05, 4.69) is 259 Å². The van der Waals surface area contributed by atoms with E-state index in [1.54, 1.807) is 0 Å². The van der Waals surface area contributed by atoms with Gasteiger partial charge in [0, 0.05) is 54.1 Å². The molecule has 0 spiro atoms. The van der Waals surface area contributed by atoms with Crippen LogP contribution >= 0.6 is 0 Å². The first kappa shape index (κ1) is 45.5. The van der Waals surface area contributed by atoms with Crippen LogP contribution in [0.2, 0.25) is 0 Å². The molecule has 9 aromatic carbocycles. The molecule has 370 valence electrons. The average Bonchev–Trinajstić information content (AvgIpc) is 4.26. The highest BCUT2D eigenvalue weighted by Crippen LogP contribution is 2.56. The van der Waals surface area contributed by atoms with Gasteiger partial charge in [0.25, 0.3) is 0 Å². The number of hydrogen-bond donors (Lipinski definition) is 0. The van der Waals surface area contributed by atoms with Crippen molar-refractivity contribution < 1.29 is 0 Å². The molecule has 0 fully saturated rings. The molecule has 78 heavy (non-hydrogen) atoms. The van der Waals surface area contributed by atoms with Crippen molar-refractivity contribution in [2.24, 2.45) is 5.41 Å². The summed E-state index contributed by atoms with van der Waals surface area (Å²) >= 11 is 0. The minimum Gasteiger partial charge on any atom is -0.306 e. The molecule has 2 aliphatic rings. The Labute approximate surface area is 452 Å². The van der Waals surface area contributed by atoms with E-state index in [0.29, 0.717) is 11.4 Å². The Morgan fingerprint density at radius 3 is 1.37 bits per heavy atom. The summed E-state index contributed by atoms with van der Waals surface area (Å²) in [4.78, 5) is 0. The zero-order valence-electron chi connectivity index (χ0n) is 44.0. The van der Waals surface area contributed by atoms with Crippen molar-refractivity contribution in [3.8, 4) is 46.0 Å². The number of para-hydroxylation sites is 6. The van der Waals surface area contributed by atoms with Crippen molar-refractivity contribution in [1.29, 1.82) is 10.5 Å². The highest BCUT2D eigenvalue weighted by Gasteiger charge is 2.41. The van der Waals surface area contributed by atoms with Gasteiger partial charge in [0.15, 0.2) is 0 Å². The molecular weight excluding hydrogens is 949 g/mol. The normalized spacial score (nSPS) is 15.2. The Morgan fingerprint density at radius 1 is 0.423 bits per heavy atom. The van der Waals surface area contributed by atoms with Gasteiger partial charge in [-0.25, -0.2) is 0 Å². The Kier molecular flexibility index (Phi) is 9.52. The average molecular weight is 1000 g/mol. The molecule has 0 amide bonds. The van der Waals surface area contributed by atoms with Gasteiger partial charge in [-0.15, -0.1) is 0 Å². The Morgan fingerprint density at radius 2 is 0.846 bits per heavy atom. The monoisotopic (exact) mass is 1000 g/mol. The quantitative estimate of drug-likeness (QED) is 0.165. The van der Waals surface area contributed by atoms with Crippen LogP contribution in [0.15, 0.2) is 207 Å². The molecule has 2 aliphatic carbocycles. The van der Waals surface area contributed by atoms with Crippen LogP contribution in [-0.2, 0) is 5.41 Å². The lowest BCUT2D eigenvalue weighted by atomic mass is 9.74. The van der Waals surface area contributed by atoms with Crippen molar-refractivity contribution in [3.63, 3.8) is 0 Å². The third-order valence-electron chi connectivity index (χ3n) is 17.8. The second-order valence-corrected chi connectivity index (χ2v) is 22.3. The molecule has 15 rings (SSSR count). The molecule has 0 bridgehead atoms. The van der Waals surface area contributed by atoms with Gasteiger partial charge in [0.1, 0.15) is 12.1 Å². The summed E-state index contributed by atoms with van der Waals surface area (Å²) < 4.78 is 9.38. The van der Waals surface area contributed by atoms with Gasteiger partial charge in [0.05, 0.1) is 78.2 Å². The number of fused-ring (bicyclic) bond motifs is 16. The predicted octanol–water partition coefficient (Wildman–Crippen LogP) is 18.4. The fourth-order valence-electron chi connectivity index (χ4n) is 13.9.